The number of fused-ring (bicyclic) bond motifs is 1. The number of nitrogens with zero attached hydrogens (tertiary/aromatic N) is 4. The van der Waals surface area contributed by atoms with Crippen LogP contribution in [-0.2, 0) is 17.6 Å². The standard InChI is InChI=1S/C19H21ClN4O2/c1-13(25)23-9-6-14(7-10-23)24-11-8-16-17(21-19(20)22-18(16)24)5-4-15-3-2-12-26-15/h2-3,8,11-12,14H,4-7,9-10H2,1H3. The normalized spacial score (nSPS) is 15.7. The molecular formula is C19H21ClN4O2. The van der Waals surface area contributed by atoms with Crippen LogP contribution in [0, 0.1) is 0 Å². The van der Waals surface area contributed by atoms with Crippen molar-refractivity contribution in [3.63, 3.8) is 0 Å². The van der Waals surface area contributed by atoms with E-state index in [0.29, 0.717) is 6.04 Å². The number of hydrogen-bond acceptors (Lipinski definition) is 4. The molecule has 0 unspecified atom stereocenters. The van der Waals surface area contributed by atoms with Crippen molar-refractivity contribution in [2.45, 2.75) is 38.6 Å². The Morgan fingerprint density at radius 2 is 2.08 bits per heavy atom. The molecule has 3 aromatic heterocycles. The number of carbonyl (C=O) groups is 1. The van der Waals surface area contributed by atoms with Gasteiger partial charge in [-0.25, -0.2) is 4.98 Å². The van der Waals surface area contributed by atoms with Gasteiger partial charge in [-0.05, 0) is 49.1 Å². The van der Waals surface area contributed by atoms with Gasteiger partial charge in [-0.2, -0.15) is 4.98 Å². The molecule has 4 rings (SSSR count). The van der Waals surface area contributed by atoms with E-state index < -0.39 is 0 Å². The predicted molar refractivity (Wildman–Crippen MR) is 99.2 cm³/mol. The number of carbonyl (C=O) groups excluding carboxylic acids is 1. The Balaban J connectivity index is 1.58. The second-order valence-electron chi connectivity index (χ2n) is 6.72. The van der Waals surface area contributed by atoms with Gasteiger partial charge in [0.05, 0.1) is 12.0 Å². The van der Waals surface area contributed by atoms with Gasteiger partial charge in [0.25, 0.3) is 0 Å². The lowest BCUT2D eigenvalue weighted by Gasteiger charge is -2.32. The summed E-state index contributed by atoms with van der Waals surface area (Å²) in [5.74, 6) is 1.08. The summed E-state index contributed by atoms with van der Waals surface area (Å²) in [5, 5.41) is 1.31. The Morgan fingerprint density at radius 3 is 2.77 bits per heavy atom. The van der Waals surface area contributed by atoms with E-state index in [0.717, 1.165) is 61.3 Å². The number of piperidine rings is 1. The molecule has 4 heterocycles. The fraction of sp³-hybridized carbons (Fsp3) is 0.421. The maximum absolute atomic E-state index is 11.5. The van der Waals surface area contributed by atoms with Crippen molar-refractivity contribution < 1.29 is 9.21 Å². The molecule has 0 aromatic carbocycles. The van der Waals surface area contributed by atoms with Gasteiger partial charge in [0, 0.05) is 44.1 Å². The van der Waals surface area contributed by atoms with Gasteiger partial charge in [0.1, 0.15) is 11.4 Å². The molecule has 1 fully saturated rings. The van der Waals surface area contributed by atoms with Crippen LogP contribution in [0.2, 0.25) is 5.28 Å². The highest BCUT2D eigenvalue weighted by atomic mass is 35.5. The number of likely N-dealkylation sites (tertiary alicyclic amines) is 1. The third kappa shape index (κ3) is 3.33. The van der Waals surface area contributed by atoms with Crippen LogP contribution in [0.15, 0.2) is 35.1 Å². The number of hydrogen-bond donors (Lipinski definition) is 0. The zero-order chi connectivity index (χ0) is 18.1. The Hall–Kier alpha value is -2.34. The zero-order valence-electron chi connectivity index (χ0n) is 14.7. The second kappa shape index (κ2) is 7.11. The van der Waals surface area contributed by atoms with Crippen molar-refractivity contribution in [1.82, 2.24) is 19.4 Å². The maximum Gasteiger partial charge on any atom is 0.224 e. The van der Waals surface area contributed by atoms with Crippen LogP contribution in [0.1, 0.15) is 37.3 Å². The van der Waals surface area contributed by atoms with Crippen LogP contribution in [0.5, 0.6) is 0 Å². The lowest BCUT2D eigenvalue weighted by atomic mass is 10.0. The predicted octanol–water partition coefficient (Wildman–Crippen LogP) is 3.65. The number of furan rings is 1. The van der Waals surface area contributed by atoms with E-state index in [1.165, 1.54) is 0 Å². The van der Waals surface area contributed by atoms with Gasteiger partial charge < -0.3 is 13.9 Å². The molecule has 7 heteroatoms. The van der Waals surface area contributed by atoms with Gasteiger partial charge in [-0.15, -0.1) is 0 Å². The summed E-state index contributed by atoms with van der Waals surface area (Å²) in [6.45, 7) is 3.19. The fourth-order valence-corrected chi connectivity index (χ4v) is 3.89. The van der Waals surface area contributed by atoms with Crippen molar-refractivity contribution in [3.05, 3.63) is 47.4 Å². The van der Waals surface area contributed by atoms with E-state index in [4.69, 9.17) is 16.0 Å². The molecule has 1 aliphatic rings. The van der Waals surface area contributed by atoms with Crippen LogP contribution in [0.3, 0.4) is 0 Å². The number of halogens is 1. The van der Waals surface area contributed by atoms with Crippen LogP contribution < -0.4 is 0 Å². The average Bonchev–Trinajstić information content (AvgIpc) is 3.29. The minimum Gasteiger partial charge on any atom is -0.469 e. The first kappa shape index (κ1) is 17.1. The first-order valence-corrected chi connectivity index (χ1v) is 9.30. The lowest BCUT2D eigenvalue weighted by Crippen LogP contribution is -2.37. The zero-order valence-corrected chi connectivity index (χ0v) is 15.4. The van der Waals surface area contributed by atoms with Crippen molar-refractivity contribution >= 4 is 28.5 Å². The molecule has 0 aliphatic carbocycles. The highest BCUT2D eigenvalue weighted by Gasteiger charge is 2.24. The third-order valence-corrected chi connectivity index (χ3v) is 5.28. The topological polar surface area (TPSA) is 64.2 Å². The Bertz CT molecular complexity index is 911. The molecule has 26 heavy (non-hydrogen) atoms. The van der Waals surface area contributed by atoms with Crippen LogP contribution in [0.4, 0.5) is 0 Å². The number of aryl methyl sites for hydroxylation is 2. The van der Waals surface area contributed by atoms with Crippen molar-refractivity contribution in [2.75, 3.05) is 13.1 Å². The minimum absolute atomic E-state index is 0.145. The maximum atomic E-state index is 11.5. The van der Waals surface area contributed by atoms with Crippen molar-refractivity contribution in [3.8, 4) is 0 Å². The summed E-state index contributed by atoms with van der Waals surface area (Å²) in [6, 6.07) is 6.25. The van der Waals surface area contributed by atoms with E-state index in [9.17, 15) is 4.79 Å². The monoisotopic (exact) mass is 372 g/mol. The molecule has 0 saturated carbocycles. The third-order valence-electron chi connectivity index (χ3n) is 5.12. The molecule has 1 saturated heterocycles. The largest absolute Gasteiger partial charge is 0.469 e. The van der Waals surface area contributed by atoms with E-state index >= 15 is 0 Å². The summed E-state index contributed by atoms with van der Waals surface area (Å²) >= 11 is 6.21. The highest BCUT2D eigenvalue weighted by Crippen LogP contribution is 2.29. The molecule has 0 bridgehead atoms. The van der Waals surface area contributed by atoms with E-state index in [-0.39, 0.29) is 11.2 Å². The number of rotatable bonds is 4. The second-order valence-corrected chi connectivity index (χ2v) is 7.05. The molecule has 136 valence electrons. The van der Waals surface area contributed by atoms with E-state index in [2.05, 4.69) is 26.8 Å². The summed E-state index contributed by atoms with van der Waals surface area (Å²) in [5.41, 5.74) is 1.82. The first-order valence-electron chi connectivity index (χ1n) is 8.92. The number of amides is 1. The fourth-order valence-electron chi connectivity index (χ4n) is 3.71. The van der Waals surface area contributed by atoms with Crippen molar-refractivity contribution in [2.24, 2.45) is 0 Å². The van der Waals surface area contributed by atoms with Crippen molar-refractivity contribution in [1.29, 1.82) is 0 Å². The smallest absolute Gasteiger partial charge is 0.224 e. The summed E-state index contributed by atoms with van der Waals surface area (Å²) in [7, 11) is 0. The Kier molecular flexibility index (Phi) is 4.68. The molecule has 1 amide bonds. The summed E-state index contributed by atoms with van der Waals surface area (Å²) in [6.07, 6.45) is 7.12. The summed E-state index contributed by atoms with van der Waals surface area (Å²) in [4.78, 5) is 22.4. The van der Waals surface area contributed by atoms with Gasteiger partial charge in [0.2, 0.25) is 11.2 Å². The quantitative estimate of drug-likeness (QED) is 0.656. The molecule has 0 radical (unpaired) electrons. The minimum atomic E-state index is 0.145. The molecule has 0 spiro atoms. The van der Waals surface area contributed by atoms with E-state index in [1.807, 2.05) is 17.0 Å². The first-order chi connectivity index (χ1) is 12.6. The molecular weight excluding hydrogens is 352 g/mol. The molecule has 3 aromatic rings. The molecule has 6 nitrogen and oxygen atoms in total. The molecule has 0 atom stereocenters. The Labute approximate surface area is 156 Å². The summed E-state index contributed by atoms with van der Waals surface area (Å²) < 4.78 is 7.60. The average molecular weight is 373 g/mol. The molecule has 0 N–H and O–H groups in total. The van der Waals surface area contributed by atoms with Crippen LogP contribution in [0.25, 0.3) is 11.0 Å². The van der Waals surface area contributed by atoms with Crippen LogP contribution in [-0.4, -0.2) is 38.4 Å². The van der Waals surface area contributed by atoms with Gasteiger partial charge in [-0.1, -0.05) is 0 Å². The van der Waals surface area contributed by atoms with Crippen LogP contribution >= 0.6 is 11.6 Å². The molecule has 1 aliphatic heterocycles. The van der Waals surface area contributed by atoms with Gasteiger partial charge in [-0.3, -0.25) is 4.79 Å². The number of aromatic nitrogens is 3. The van der Waals surface area contributed by atoms with Gasteiger partial charge >= 0.3 is 0 Å². The Morgan fingerprint density at radius 1 is 1.27 bits per heavy atom. The lowest BCUT2D eigenvalue weighted by molar-refractivity contribution is -0.130. The van der Waals surface area contributed by atoms with E-state index in [1.54, 1.807) is 13.2 Å². The highest BCUT2D eigenvalue weighted by molar-refractivity contribution is 6.28. The SMILES string of the molecule is CC(=O)N1CCC(n2ccc3c(CCc4ccco4)nc(Cl)nc32)CC1. The van der Waals surface area contributed by atoms with Gasteiger partial charge in [0.15, 0.2) is 0 Å².